The zero-order valence-corrected chi connectivity index (χ0v) is 12.4. The number of imidazole rings is 1. The molecule has 3 aliphatic rings. The van der Waals surface area contributed by atoms with Crippen LogP contribution in [-0.2, 0) is 13.5 Å². The van der Waals surface area contributed by atoms with Crippen molar-refractivity contribution in [1.82, 2.24) is 19.4 Å². The maximum atomic E-state index is 10.7. The second-order valence-corrected chi connectivity index (χ2v) is 6.25. The SMILES string of the molecule is Cn1c(CC(O)C2CN3CCN2CC3)nc2ccccc21. The van der Waals surface area contributed by atoms with E-state index in [-0.39, 0.29) is 12.1 Å². The van der Waals surface area contributed by atoms with Crippen LogP contribution in [-0.4, -0.2) is 69.3 Å². The summed E-state index contributed by atoms with van der Waals surface area (Å²) in [5, 5.41) is 10.7. The number of hydrogen-bond acceptors (Lipinski definition) is 4. The lowest BCUT2D eigenvalue weighted by Crippen LogP contribution is -2.64. The van der Waals surface area contributed by atoms with Crippen LogP contribution < -0.4 is 0 Å². The largest absolute Gasteiger partial charge is 0.391 e. The Morgan fingerprint density at radius 2 is 2.00 bits per heavy atom. The Kier molecular flexibility index (Phi) is 3.21. The Balaban J connectivity index is 1.55. The molecule has 3 fully saturated rings. The first-order valence-electron chi connectivity index (χ1n) is 7.77. The molecule has 1 aromatic heterocycles. The normalized spacial score (nSPS) is 29.9. The van der Waals surface area contributed by atoms with Crippen LogP contribution in [0, 0.1) is 0 Å². The van der Waals surface area contributed by atoms with Gasteiger partial charge in [0.1, 0.15) is 5.82 Å². The molecule has 2 unspecified atom stereocenters. The average molecular weight is 286 g/mol. The summed E-state index contributed by atoms with van der Waals surface area (Å²) in [7, 11) is 2.04. The Labute approximate surface area is 124 Å². The van der Waals surface area contributed by atoms with Crippen LogP contribution in [0.25, 0.3) is 11.0 Å². The van der Waals surface area contributed by atoms with Crippen molar-refractivity contribution in [3.63, 3.8) is 0 Å². The quantitative estimate of drug-likeness (QED) is 0.891. The summed E-state index contributed by atoms with van der Waals surface area (Å²) in [5.41, 5.74) is 2.14. The Hall–Kier alpha value is -1.43. The van der Waals surface area contributed by atoms with Gasteiger partial charge in [0.15, 0.2) is 0 Å². The minimum absolute atomic E-state index is 0.257. The van der Waals surface area contributed by atoms with Crippen molar-refractivity contribution in [3.05, 3.63) is 30.1 Å². The molecular formula is C16H22N4O. The number of aliphatic hydroxyl groups is 1. The summed E-state index contributed by atoms with van der Waals surface area (Å²) < 4.78 is 2.11. The number of para-hydroxylation sites is 2. The number of aryl methyl sites for hydroxylation is 1. The Bertz CT molecular complexity index is 645. The van der Waals surface area contributed by atoms with Gasteiger partial charge in [-0.2, -0.15) is 0 Å². The molecule has 5 nitrogen and oxygen atoms in total. The third-order valence-electron chi connectivity index (χ3n) is 5.04. The minimum atomic E-state index is -0.344. The van der Waals surface area contributed by atoms with E-state index >= 15 is 0 Å². The monoisotopic (exact) mass is 286 g/mol. The number of hydrogen-bond donors (Lipinski definition) is 1. The molecule has 3 aliphatic heterocycles. The van der Waals surface area contributed by atoms with Crippen LogP contribution in [0.5, 0.6) is 0 Å². The smallest absolute Gasteiger partial charge is 0.112 e. The summed E-state index contributed by atoms with van der Waals surface area (Å²) in [6, 6.07) is 8.41. The first-order chi connectivity index (χ1) is 10.2. The molecule has 5 heteroatoms. The van der Waals surface area contributed by atoms with E-state index in [2.05, 4.69) is 25.4 Å². The fraction of sp³-hybridized carbons (Fsp3) is 0.562. The lowest BCUT2D eigenvalue weighted by atomic mass is 10.00. The zero-order chi connectivity index (χ0) is 14.4. The van der Waals surface area contributed by atoms with Gasteiger partial charge in [0, 0.05) is 52.2 Å². The molecule has 2 atom stereocenters. The molecule has 2 aromatic rings. The summed E-state index contributed by atoms with van der Waals surface area (Å²) in [4.78, 5) is 9.58. The molecule has 3 saturated heterocycles. The zero-order valence-electron chi connectivity index (χ0n) is 12.4. The van der Waals surface area contributed by atoms with Crippen molar-refractivity contribution in [2.75, 3.05) is 32.7 Å². The highest BCUT2D eigenvalue weighted by atomic mass is 16.3. The maximum absolute atomic E-state index is 10.7. The van der Waals surface area contributed by atoms with Crippen molar-refractivity contribution in [3.8, 4) is 0 Å². The molecule has 1 N–H and O–H groups in total. The van der Waals surface area contributed by atoms with Gasteiger partial charge in [0.2, 0.25) is 0 Å². The lowest BCUT2D eigenvalue weighted by molar-refractivity contribution is -0.0459. The fourth-order valence-corrected chi connectivity index (χ4v) is 3.72. The van der Waals surface area contributed by atoms with Gasteiger partial charge < -0.3 is 9.67 Å². The van der Waals surface area contributed by atoms with Gasteiger partial charge in [-0.25, -0.2) is 4.98 Å². The predicted octanol–water partition coefficient (Wildman–Crippen LogP) is 0.477. The number of aromatic nitrogens is 2. The molecule has 0 spiro atoms. The number of nitrogens with zero attached hydrogens (tertiary/aromatic N) is 4. The second-order valence-electron chi connectivity index (χ2n) is 6.25. The van der Waals surface area contributed by atoms with Crippen LogP contribution in [0.1, 0.15) is 5.82 Å². The van der Waals surface area contributed by atoms with Crippen molar-refractivity contribution in [2.45, 2.75) is 18.6 Å². The van der Waals surface area contributed by atoms with Gasteiger partial charge in [-0.1, -0.05) is 12.1 Å². The molecule has 0 amide bonds. The van der Waals surface area contributed by atoms with E-state index < -0.39 is 0 Å². The van der Waals surface area contributed by atoms with Gasteiger partial charge in [-0.3, -0.25) is 9.80 Å². The highest BCUT2D eigenvalue weighted by molar-refractivity contribution is 5.75. The first kappa shape index (κ1) is 13.2. The van der Waals surface area contributed by atoms with Gasteiger partial charge in [0.05, 0.1) is 17.1 Å². The van der Waals surface area contributed by atoms with E-state index in [1.54, 1.807) is 0 Å². The van der Waals surface area contributed by atoms with Gasteiger partial charge in [-0.05, 0) is 12.1 Å². The summed E-state index contributed by atoms with van der Waals surface area (Å²) >= 11 is 0. The molecule has 1 aromatic carbocycles. The van der Waals surface area contributed by atoms with E-state index in [9.17, 15) is 5.11 Å². The van der Waals surface area contributed by atoms with Crippen LogP contribution in [0.2, 0.25) is 0 Å². The molecule has 21 heavy (non-hydrogen) atoms. The average Bonchev–Trinajstić information content (AvgIpc) is 2.85. The number of rotatable bonds is 3. The van der Waals surface area contributed by atoms with Gasteiger partial charge >= 0.3 is 0 Å². The number of piperazine rings is 3. The van der Waals surface area contributed by atoms with Crippen molar-refractivity contribution in [2.24, 2.45) is 7.05 Å². The maximum Gasteiger partial charge on any atom is 0.112 e. The summed E-state index contributed by atoms with van der Waals surface area (Å²) in [6.45, 7) is 5.46. The standard InChI is InChI=1S/C16H22N4O/c1-18-13-5-3-2-4-12(13)17-16(18)10-15(21)14-11-19-6-8-20(14)9-7-19/h2-5,14-15,21H,6-11H2,1H3. The third kappa shape index (κ3) is 2.25. The van der Waals surface area contributed by atoms with Gasteiger partial charge in [0.25, 0.3) is 0 Å². The summed E-state index contributed by atoms with van der Waals surface area (Å²) in [6.07, 6.45) is 0.281. The fourth-order valence-electron chi connectivity index (χ4n) is 3.72. The Morgan fingerprint density at radius 3 is 2.67 bits per heavy atom. The topological polar surface area (TPSA) is 44.5 Å². The van der Waals surface area contributed by atoms with E-state index in [0.717, 1.165) is 49.6 Å². The van der Waals surface area contributed by atoms with Crippen molar-refractivity contribution >= 4 is 11.0 Å². The van der Waals surface area contributed by atoms with Crippen molar-refractivity contribution < 1.29 is 5.11 Å². The first-order valence-corrected chi connectivity index (χ1v) is 7.77. The highest BCUT2D eigenvalue weighted by Crippen LogP contribution is 2.21. The Morgan fingerprint density at radius 1 is 1.24 bits per heavy atom. The van der Waals surface area contributed by atoms with E-state index in [0.29, 0.717) is 6.42 Å². The van der Waals surface area contributed by atoms with Crippen LogP contribution in [0.4, 0.5) is 0 Å². The second kappa shape index (κ2) is 5.09. The van der Waals surface area contributed by atoms with Crippen molar-refractivity contribution in [1.29, 1.82) is 0 Å². The molecule has 4 heterocycles. The molecule has 0 aliphatic carbocycles. The van der Waals surface area contributed by atoms with E-state index in [1.807, 2.05) is 25.2 Å². The third-order valence-corrected chi connectivity index (χ3v) is 5.04. The van der Waals surface area contributed by atoms with E-state index in [4.69, 9.17) is 0 Å². The predicted molar refractivity (Wildman–Crippen MR) is 82.2 cm³/mol. The molecule has 2 bridgehead atoms. The van der Waals surface area contributed by atoms with Crippen LogP contribution in [0.15, 0.2) is 24.3 Å². The highest BCUT2D eigenvalue weighted by Gasteiger charge is 2.36. The molecule has 112 valence electrons. The number of aliphatic hydroxyl groups excluding tert-OH is 1. The van der Waals surface area contributed by atoms with Crippen LogP contribution >= 0.6 is 0 Å². The molecule has 5 rings (SSSR count). The van der Waals surface area contributed by atoms with Crippen LogP contribution in [0.3, 0.4) is 0 Å². The minimum Gasteiger partial charge on any atom is -0.391 e. The summed E-state index contributed by atoms with van der Waals surface area (Å²) in [5.74, 6) is 0.973. The number of fused-ring (bicyclic) bond motifs is 4. The molecule has 0 radical (unpaired) electrons. The molecule has 0 saturated carbocycles. The number of benzene rings is 1. The van der Waals surface area contributed by atoms with E-state index in [1.165, 1.54) is 0 Å². The van der Waals surface area contributed by atoms with Gasteiger partial charge in [-0.15, -0.1) is 0 Å². The lowest BCUT2D eigenvalue weighted by Gasteiger charge is -2.49. The molecular weight excluding hydrogens is 264 g/mol.